The number of halogens is 2. The summed E-state index contributed by atoms with van der Waals surface area (Å²) in [5, 5.41) is 3.81. The van der Waals surface area contributed by atoms with E-state index in [2.05, 4.69) is 10.3 Å². The van der Waals surface area contributed by atoms with Crippen LogP contribution < -0.4 is 10.1 Å². The van der Waals surface area contributed by atoms with Crippen LogP contribution in [0.15, 0.2) is 52.4 Å². The van der Waals surface area contributed by atoms with Gasteiger partial charge < -0.3 is 10.1 Å². The van der Waals surface area contributed by atoms with Gasteiger partial charge in [0.05, 0.1) is 9.93 Å². The summed E-state index contributed by atoms with van der Waals surface area (Å²) < 4.78 is 5.73. The van der Waals surface area contributed by atoms with Crippen molar-refractivity contribution in [1.29, 1.82) is 0 Å². The molecule has 2 aromatic carbocycles. The highest BCUT2D eigenvalue weighted by Gasteiger charge is 2.22. The molecule has 1 aliphatic rings. The van der Waals surface area contributed by atoms with Crippen LogP contribution in [-0.4, -0.2) is 17.0 Å². The van der Waals surface area contributed by atoms with Crippen molar-refractivity contribution in [3.05, 3.63) is 68.5 Å². The van der Waals surface area contributed by atoms with Gasteiger partial charge in [0.25, 0.3) is 5.91 Å². The van der Waals surface area contributed by atoms with Crippen molar-refractivity contribution in [2.75, 3.05) is 0 Å². The lowest BCUT2D eigenvalue weighted by atomic mass is 10.2. The van der Waals surface area contributed by atoms with E-state index in [0.717, 1.165) is 22.9 Å². The normalized spacial score (nSPS) is 15.0. The van der Waals surface area contributed by atoms with Gasteiger partial charge in [0.1, 0.15) is 12.4 Å². The number of nitrogens with zero attached hydrogens (tertiary/aromatic N) is 1. The molecular weight excluding hydrogens is 407 g/mol. The molecule has 2 amide bonds. The molecule has 0 fully saturated rings. The van der Waals surface area contributed by atoms with E-state index >= 15 is 0 Å². The summed E-state index contributed by atoms with van der Waals surface area (Å²) in [6, 6.07) is 12.6. The Labute approximate surface area is 170 Å². The maximum Gasteiger partial charge on any atom is 0.286 e. The highest BCUT2D eigenvalue weighted by molar-refractivity contribution is 8.18. The number of rotatable bonds is 4. The maximum atomic E-state index is 11.9. The van der Waals surface area contributed by atoms with Crippen LogP contribution in [0.25, 0.3) is 6.08 Å². The number of ether oxygens (including phenoxy) is 1. The molecule has 0 aromatic heterocycles. The lowest BCUT2D eigenvalue weighted by molar-refractivity contribution is -0.117. The summed E-state index contributed by atoms with van der Waals surface area (Å²) in [6.07, 6.45) is 1.66. The Bertz CT molecular complexity index is 973. The largest absolute Gasteiger partial charge is 0.487 e. The topological polar surface area (TPSA) is 67.8 Å². The van der Waals surface area contributed by atoms with Gasteiger partial charge in [-0.3, -0.25) is 9.59 Å². The first-order valence-electron chi connectivity index (χ1n) is 7.88. The molecule has 0 radical (unpaired) electrons. The van der Waals surface area contributed by atoms with Crippen molar-refractivity contribution in [3.63, 3.8) is 0 Å². The summed E-state index contributed by atoms with van der Waals surface area (Å²) in [4.78, 5) is 27.2. The zero-order valence-corrected chi connectivity index (χ0v) is 16.5. The molecule has 0 aliphatic carbocycles. The highest BCUT2D eigenvalue weighted by atomic mass is 35.5. The van der Waals surface area contributed by atoms with Crippen molar-refractivity contribution in [3.8, 4) is 5.75 Å². The molecule has 1 heterocycles. The molecule has 2 aromatic rings. The van der Waals surface area contributed by atoms with Crippen LogP contribution in [0, 0.1) is 0 Å². The number of carbonyl (C=O) groups excluding carboxylic acids is 2. The Morgan fingerprint density at radius 1 is 1.22 bits per heavy atom. The minimum absolute atomic E-state index is 0.268. The first-order valence-corrected chi connectivity index (χ1v) is 9.45. The number of amides is 2. The van der Waals surface area contributed by atoms with E-state index < -0.39 is 5.91 Å². The molecule has 8 heteroatoms. The molecule has 0 unspecified atom stereocenters. The van der Waals surface area contributed by atoms with Gasteiger partial charge in [-0.1, -0.05) is 47.5 Å². The number of benzene rings is 2. The first-order chi connectivity index (χ1) is 12.9. The molecule has 138 valence electrons. The number of nitrogens with one attached hydrogen (secondary N) is 1. The number of thioether (sulfide) groups is 1. The second kappa shape index (κ2) is 8.61. The van der Waals surface area contributed by atoms with Gasteiger partial charge in [-0.25, -0.2) is 0 Å². The van der Waals surface area contributed by atoms with Gasteiger partial charge in [0.15, 0.2) is 5.17 Å². The van der Waals surface area contributed by atoms with Crippen molar-refractivity contribution in [2.45, 2.75) is 13.5 Å². The third-order valence-electron chi connectivity index (χ3n) is 3.50. The Kier molecular flexibility index (Phi) is 6.21. The molecule has 0 bridgehead atoms. The van der Waals surface area contributed by atoms with E-state index in [1.54, 1.807) is 30.3 Å². The van der Waals surface area contributed by atoms with Crippen molar-refractivity contribution in [2.24, 2.45) is 4.99 Å². The average Bonchev–Trinajstić information content (AvgIpc) is 2.94. The Balaban J connectivity index is 1.69. The molecule has 0 spiro atoms. The van der Waals surface area contributed by atoms with Crippen molar-refractivity contribution >= 4 is 58.0 Å². The minimum atomic E-state index is -0.404. The summed E-state index contributed by atoms with van der Waals surface area (Å²) in [5.74, 6) is -0.170. The van der Waals surface area contributed by atoms with Crippen LogP contribution >= 0.6 is 35.0 Å². The third kappa shape index (κ3) is 5.13. The van der Waals surface area contributed by atoms with Crippen LogP contribution in [0.5, 0.6) is 5.75 Å². The van der Waals surface area contributed by atoms with E-state index in [4.69, 9.17) is 27.9 Å². The second-order valence-corrected chi connectivity index (χ2v) is 7.43. The van der Waals surface area contributed by atoms with Crippen LogP contribution in [0.4, 0.5) is 0 Å². The quantitative estimate of drug-likeness (QED) is 0.729. The molecule has 0 saturated carbocycles. The lowest BCUT2D eigenvalue weighted by Gasteiger charge is -2.10. The average molecular weight is 421 g/mol. The standard InChI is InChI=1S/C19H14Cl2N2O3S/c1-11(24)22-19-23-18(25)17(27-19)9-12-6-7-16(15(21)8-12)26-10-13-4-2-3-5-14(13)20/h2-9H,10H2,1H3,(H,22,23,24,25)/b17-9+. The van der Waals surface area contributed by atoms with Crippen LogP contribution in [0.2, 0.25) is 10.0 Å². The molecular formula is C19H14Cl2N2O3S. The lowest BCUT2D eigenvalue weighted by Crippen LogP contribution is -2.23. The summed E-state index contributed by atoms with van der Waals surface area (Å²) in [7, 11) is 0. The second-order valence-electron chi connectivity index (χ2n) is 5.58. The predicted molar refractivity (Wildman–Crippen MR) is 109 cm³/mol. The fourth-order valence-electron chi connectivity index (χ4n) is 2.26. The van der Waals surface area contributed by atoms with Crippen LogP contribution in [0.1, 0.15) is 18.1 Å². The Morgan fingerprint density at radius 2 is 2.00 bits per heavy atom. The first kappa shape index (κ1) is 19.5. The van der Waals surface area contributed by atoms with E-state index in [9.17, 15) is 9.59 Å². The predicted octanol–water partition coefficient (Wildman–Crippen LogP) is 4.68. The SMILES string of the molecule is CC(=O)NC1=NC(=O)/C(=C\c2ccc(OCc3ccccc3Cl)c(Cl)c2)S1. The Morgan fingerprint density at radius 3 is 2.70 bits per heavy atom. The monoisotopic (exact) mass is 420 g/mol. The zero-order chi connectivity index (χ0) is 19.4. The number of amidine groups is 1. The third-order valence-corrected chi connectivity index (χ3v) is 5.06. The van der Waals surface area contributed by atoms with Gasteiger partial charge in [-0.05, 0) is 41.6 Å². The van der Waals surface area contributed by atoms with Gasteiger partial charge in [0.2, 0.25) is 5.91 Å². The minimum Gasteiger partial charge on any atom is -0.487 e. The van der Waals surface area contributed by atoms with E-state index in [0.29, 0.717) is 27.3 Å². The number of hydrogen-bond donors (Lipinski definition) is 1. The van der Waals surface area contributed by atoms with Crippen LogP contribution in [-0.2, 0) is 16.2 Å². The van der Waals surface area contributed by atoms with Gasteiger partial charge in [0, 0.05) is 17.5 Å². The summed E-state index contributed by atoms with van der Waals surface area (Å²) in [5.41, 5.74) is 1.58. The van der Waals surface area contributed by atoms with E-state index in [1.165, 1.54) is 6.92 Å². The van der Waals surface area contributed by atoms with E-state index in [1.807, 2.05) is 18.2 Å². The van der Waals surface area contributed by atoms with Crippen LogP contribution in [0.3, 0.4) is 0 Å². The van der Waals surface area contributed by atoms with E-state index in [-0.39, 0.29) is 11.1 Å². The van der Waals surface area contributed by atoms with Crippen molar-refractivity contribution < 1.29 is 14.3 Å². The fourth-order valence-corrected chi connectivity index (χ4v) is 3.55. The number of hydrogen-bond acceptors (Lipinski definition) is 4. The molecule has 1 aliphatic heterocycles. The molecule has 27 heavy (non-hydrogen) atoms. The van der Waals surface area contributed by atoms with Gasteiger partial charge in [-0.15, -0.1) is 0 Å². The number of aliphatic imine (C=N–C) groups is 1. The maximum absolute atomic E-state index is 11.9. The molecule has 1 N–H and O–H groups in total. The molecule has 3 rings (SSSR count). The molecule has 5 nitrogen and oxygen atoms in total. The smallest absolute Gasteiger partial charge is 0.286 e. The fraction of sp³-hybridized carbons (Fsp3) is 0.105. The Hall–Kier alpha value is -2.28. The zero-order valence-electron chi connectivity index (χ0n) is 14.2. The summed E-state index contributed by atoms with van der Waals surface area (Å²) in [6.45, 7) is 1.65. The highest BCUT2D eigenvalue weighted by Crippen LogP contribution is 2.31. The number of carbonyl (C=O) groups is 2. The molecule has 0 atom stereocenters. The molecule has 0 saturated heterocycles. The van der Waals surface area contributed by atoms with Crippen molar-refractivity contribution in [1.82, 2.24) is 5.32 Å². The summed E-state index contributed by atoms with van der Waals surface area (Å²) >= 11 is 13.5. The van der Waals surface area contributed by atoms with Gasteiger partial charge in [-0.2, -0.15) is 4.99 Å². The van der Waals surface area contributed by atoms with Gasteiger partial charge >= 0.3 is 0 Å².